The number of hydrogen-bond acceptors (Lipinski definition) is 4. The van der Waals surface area contributed by atoms with Gasteiger partial charge in [0.25, 0.3) is 5.56 Å². The van der Waals surface area contributed by atoms with Crippen molar-refractivity contribution in [1.29, 1.82) is 0 Å². The summed E-state index contributed by atoms with van der Waals surface area (Å²) in [6, 6.07) is 12.7. The van der Waals surface area contributed by atoms with Crippen LogP contribution in [0.1, 0.15) is 36.0 Å². The Labute approximate surface area is 194 Å². The van der Waals surface area contributed by atoms with Gasteiger partial charge in [0, 0.05) is 31.6 Å². The molecule has 1 aliphatic rings. The van der Waals surface area contributed by atoms with Gasteiger partial charge in [0.05, 0.1) is 34.4 Å². The zero-order valence-corrected chi connectivity index (χ0v) is 18.7. The number of aromatic amines is 1. The third-order valence-corrected chi connectivity index (χ3v) is 6.18. The molecule has 9 heteroatoms. The van der Waals surface area contributed by atoms with Crippen molar-refractivity contribution in [3.05, 3.63) is 81.5 Å². The predicted molar refractivity (Wildman–Crippen MR) is 123 cm³/mol. The van der Waals surface area contributed by atoms with Crippen LogP contribution in [0.3, 0.4) is 0 Å². The van der Waals surface area contributed by atoms with E-state index in [-0.39, 0.29) is 11.4 Å². The number of hydrogen-bond donors (Lipinski definition) is 1. The van der Waals surface area contributed by atoms with Crippen molar-refractivity contribution < 1.29 is 13.2 Å². The van der Waals surface area contributed by atoms with Crippen molar-refractivity contribution in [1.82, 2.24) is 24.4 Å². The third kappa shape index (κ3) is 4.23. The number of nitrogens with zero attached hydrogens (tertiary/aromatic N) is 4. The SMILES string of the molecule is CCCn1c(CN2CCc3nc(-c4ccc(C(F)(F)F)cc4)[nH]c(=O)c3C2)nc2ccccc21. The van der Waals surface area contributed by atoms with Crippen LogP contribution in [0.4, 0.5) is 13.2 Å². The highest BCUT2D eigenvalue weighted by Crippen LogP contribution is 2.30. The molecule has 0 atom stereocenters. The van der Waals surface area contributed by atoms with Crippen LogP contribution in [0.15, 0.2) is 53.3 Å². The predicted octanol–water partition coefficient (Wildman–Crippen LogP) is 4.77. The van der Waals surface area contributed by atoms with Crippen LogP contribution >= 0.6 is 0 Å². The minimum Gasteiger partial charge on any atom is -0.327 e. The monoisotopic (exact) mass is 467 g/mol. The first kappa shape index (κ1) is 22.3. The smallest absolute Gasteiger partial charge is 0.327 e. The van der Waals surface area contributed by atoms with E-state index in [9.17, 15) is 18.0 Å². The first-order valence-electron chi connectivity index (χ1n) is 11.3. The average molecular weight is 467 g/mol. The summed E-state index contributed by atoms with van der Waals surface area (Å²) < 4.78 is 40.8. The Morgan fingerprint density at radius 2 is 1.82 bits per heavy atom. The second kappa shape index (κ2) is 8.72. The molecule has 5 rings (SSSR count). The molecule has 2 aromatic heterocycles. The summed E-state index contributed by atoms with van der Waals surface area (Å²) in [5.41, 5.74) is 2.81. The molecule has 2 aromatic carbocycles. The second-order valence-electron chi connectivity index (χ2n) is 8.54. The summed E-state index contributed by atoms with van der Waals surface area (Å²) >= 11 is 0. The Morgan fingerprint density at radius 3 is 2.56 bits per heavy atom. The molecule has 0 spiro atoms. The zero-order valence-electron chi connectivity index (χ0n) is 18.7. The molecule has 1 aliphatic heterocycles. The van der Waals surface area contributed by atoms with Gasteiger partial charge in [-0.05, 0) is 30.7 Å². The molecule has 176 valence electrons. The van der Waals surface area contributed by atoms with Crippen molar-refractivity contribution in [2.24, 2.45) is 0 Å². The second-order valence-corrected chi connectivity index (χ2v) is 8.54. The molecule has 1 N–H and O–H groups in total. The Morgan fingerprint density at radius 1 is 1.06 bits per heavy atom. The van der Waals surface area contributed by atoms with Crippen LogP contribution in [0.2, 0.25) is 0 Å². The van der Waals surface area contributed by atoms with Gasteiger partial charge in [0.15, 0.2) is 0 Å². The molecule has 0 unspecified atom stereocenters. The molecular formula is C25H24F3N5O. The van der Waals surface area contributed by atoms with Crippen LogP contribution < -0.4 is 5.56 Å². The van der Waals surface area contributed by atoms with Crippen molar-refractivity contribution in [2.75, 3.05) is 6.54 Å². The van der Waals surface area contributed by atoms with E-state index in [0.717, 1.165) is 42.0 Å². The van der Waals surface area contributed by atoms with E-state index in [1.807, 2.05) is 18.2 Å². The van der Waals surface area contributed by atoms with Gasteiger partial charge in [-0.1, -0.05) is 31.2 Å². The fourth-order valence-electron chi connectivity index (χ4n) is 4.49. The summed E-state index contributed by atoms with van der Waals surface area (Å²) in [6.07, 6.45) is -2.83. The van der Waals surface area contributed by atoms with Crippen LogP contribution in [0.25, 0.3) is 22.4 Å². The molecular weight excluding hydrogens is 443 g/mol. The van der Waals surface area contributed by atoms with E-state index in [2.05, 4.69) is 32.4 Å². The zero-order chi connectivity index (χ0) is 23.9. The fraction of sp³-hybridized carbons (Fsp3) is 0.320. The first-order valence-corrected chi connectivity index (χ1v) is 11.3. The Bertz CT molecular complexity index is 1390. The lowest BCUT2D eigenvalue weighted by Crippen LogP contribution is -2.36. The fourth-order valence-corrected chi connectivity index (χ4v) is 4.49. The normalized spacial score (nSPS) is 14.5. The van der Waals surface area contributed by atoms with Crippen molar-refractivity contribution in [3.8, 4) is 11.4 Å². The number of aromatic nitrogens is 4. The molecule has 0 radical (unpaired) electrons. The summed E-state index contributed by atoms with van der Waals surface area (Å²) in [7, 11) is 0. The van der Waals surface area contributed by atoms with E-state index in [0.29, 0.717) is 42.9 Å². The van der Waals surface area contributed by atoms with Gasteiger partial charge >= 0.3 is 6.18 Å². The van der Waals surface area contributed by atoms with Crippen LogP contribution in [-0.2, 0) is 32.2 Å². The quantitative estimate of drug-likeness (QED) is 0.459. The molecule has 4 aromatic rings. The standard InChI is InChI=1S/C25H24F3N5O/c1-2-12-33-21-6-4-3-5-20(21)29-22(33)15-32-13-11-19-18(14-32)24(34)31-23(30-19)16-7-9-17(10-8-16)25(26,27)28/h3-10H,2,11-15H2,1H3,(H,30,31,34). The Kier molecular flexibility index (Phi) is 5.73. The Hall–Kier alpha value is -3.46. The van der Waals surface area contributed by atoms with Gasteiger partial charge in [0.2, 0.25) is 0 Å². The van der Waals surface area contributed by atoms with Gasteiger partial charge in [-0.3, -0.25) is 9.69 Å². The maximum Gasteiger partial charge on any atom is 0.416 e. The highest BCUT2D eigenvalue weighted by molar-refractivity contribution is 5.75. The van der Waals surface area contributed by atoms with Crippen LogP contribution in [-0.4, -0.2) is 31.0 Å². The third-order valence-electron chi connectivity index (χ3n) is 6.18. The molecule has 0 amide bonds. The number of fused-ring (bicyclic) bond motifs is 2. The highest BCUT2D eigenvalue weighted by atomic mass is 19.4. The lowest BCUT2D eigenvalue weighted by molar-refractivity contribution is -0.137. The number of para-hydroxylation sites is 2. The molecule has 0 aliphatic carbocycles. The number of imidazole rings is 1. The van der Waals surface area contributed by atoms with Gasteiger partial charge in [0.1, 0.15) is 11.6 Å². The van der Waals surface area contributed by atoms with Gasteiger partial charge in [-0.2, -0.15) is 13.2 Å². The molecule has 0 bridgehead atoms. The average Bonchev–Trinajstić information content (AvgIpc) is 3.16. The van der Waals surface area contributed by atoms with Gasteiger partial charge in [-0.15, -0.1) is 0 Å². The van der Waals surface area contributed by atoms with Crippen molar-refractivity contribution in [2.45, 2.75) is 45.6 Å². The van der Waals surface area contributed by atoms with E-state index in [4.69, 9.17) is 4.98 Å². The largest absolute Gasteiger partial charge is 0.416 e. The number of rotatable bonds is 5. The number of benzene rings is 2. The van der Waals surface area contributed by atoms with E-state index in [1.165, 1.54) is 12.1 Å². The van der Waals surface area contributed by atoms with Crippen molar-refractivity contribution >= 4 is 11.0 Å². The molecule has 0 saturated carbocycles. The molecule has 34 heavy (non-hydrogen) atoms. The number of halogens is 3. The van der Waals surface area contributed by atoms with Gasteiger partial charge in [-0.25, -0.2) is 9.97 Å². The van der Waals surface area contributed by atoms with Crippen LogP contribution in [0.5, 0.6) is 0 Å². The highest BCUT2D eigenvalue weighted by Gasteiger charge is 2.30. The number of alkyl halides is 3. The lowest BCUT2D eigenvalue weighted by atomic mass is 10.1. The molecule has 6 nitrogen and oxygen atoms in total. The maximum absolute atomic E-state index is 12.9. The lowest BCUT2D eigenvalue weighted by Gasteiger charge is -2.27. The number of aryl methyl sites for hydroxylation is 1. The van der Waals surface area contributed by atoms with E-state index >= 15 is 0 Å². The van der Waals surface area contributed by atoms with Crippen LogP contribution in [0, 0.1) is 0 Å². The summed E-state index contributed by atoms with van der Waals surface area (Å²) in [5, 5.41) is 0. The summed E-state index contributed by atoms with van der Waals surface area (Å²) in [6.45, 7) is 4.79. The summed E-state index contributed by atoms with van der Waals surface area (Å²) in [4.78, 5) is 27.2. The number of H-pyrrole nitrogens is 1. The maximum atomic E-state index is 12.9. The minimum absolute atomic E-state index is 0.258. The molecule has 3 heterocycles. The molecule has 0 saturated heterocycles. The first-order chi connectivity index (χ1) is 16.3. The minimum atomic E-state index is -4.41. The number of nitrogens with one attached hydrogen (secondary N) is 1. The van der Waals surface area contributed by atoms with E-state index in [1.54, 1.807) is 0 Å². The Balaban J connectivity index is 1.39. The molecule has 0 fully saturated rings. The van der Waals surface area contributed by atoms with E-state index < -0.39 is 11.7 Å². The van der Waals surface area contributed by atoms with Gasteiger partial charge < -0.3 is 9.55 Å². The summed E-state index contributed by atoms with van der Waals surface area (Å²) in [5.74, 6) is 1.26. The van der Waals surface area contributed by atoms with Crippen molar-refractivity contribution in [3.63, 3.8) is 0 Å². The topological polar surface area (TPSA) is 66.8 Å².